The van der Waals surface area contributed by atoms with Gasteiger partial charge in [0.25, 0.3) is 0 Å². The van der Waals surface area contributed by atoms with Crippen LogP contribution in [0.25, 0.3) is 0 Å². The SMILES string of the molecule is CCNC(=NCC(=O)NCCOC)N1CCC(C(=O)OC)CC1. The third-order valence-corrected chi connectivity index (χ3v) is 3.66. The molecule has 1 rings (SSSR count). The van der Waals surface area contributed by atoms with Gasteiger partial charge in [-0.25, -0.2) is 4.99 Å². The molecular formula is C15H28N4O4. The lowest BCUT2D eigenvalue weighted by atomic mass is 9.97. The lowest BCUT2D eigenvalue weighted by molar-refractivity contribution is -0.146. The van der Waals surface area contributed by atoms with Crippen molar-refractivity contribution >= 4 is 17.8 Å². The zero-order chi connectivity index (χ0) is 17.1. The highest BCUT2D eigenvalue weighted by atomic mass is 16.5. The van der Waals surface area contributed by atoms with Crippen LogP contribution in [0.15, 0.2) is 4.99 Å². The maximum absolute atomic E-state index is 11.7. The Hall–Kier alpha value is -1.83. The molecule has 2 N–H and O–H groups in total. The van der Waals surface area contributed by atoms with Crippen LogP contribution in [0.3, 0.4) is 0 Å². The standard InChI is InChI=1S/C15H28N4O4/c1-4-16-15(18-11-13(20)17-7-10-22-2)19-8-5-12(6-9-19)14(21)23-3/h12H,4-11H2,1-3H3,(H,16,18)(H,17,20). The first-order valence-electron chi connectivity index (χ1n) is 7.99. The van der Waals surface area contributed by atoms with Crippen molar-refractivity contribution in [2.45, 2.75) is 19.8 Å². The Morgan fingerprint density at radius 1 is 1.22 bits per heavy atom. The number of methoxy groups -OCH3 is 2. The summed E-state index contributed by atoms with van der Waals surface area (Å²) >= 11 is 0. The normalized spacial score (nSPS) is 16.1. The molecule has 1 saturated heterocycles. The Morgan fingerprint density at radius 2 is 1.91 bits per heavy atom. The molecule has 0 aromatic heterocycles. The monoisotopic (exact) mass is 328 g/mol. The number of hydrogen-bond acceptors (Lipinski definition) is 5. The number of ether oxygens (including phenoxy) is 2. The molecule has 0 aromatic carbocycles. The molecule has 23 heavy (non-hydrogen) atoms. The van der Waals surface area contributed by atoms with E-state index in [1.807, 2.05) is 6.92 Å². The first kappa shape index (κ1) is 19.2. The van der Waals surface area contributed by atoms with Crippen LogP contribution in [-0.2, 0) is 19.1 Å². The molecule has 0 aromatic rings. The number of carbonyl (C=O) groups excluding carboxylic acids is 2. The van der Waals surface area contributed by atoms with Gasteiger partial charge >= 0.3 is 5.97 Å². The molecule has 0 atom stereocenters. The van der Waals surface area contributed by atoms with Crippen molar-refractivity contribution in [1.29, 1.82) is 0 Å². The molecule has 132 valence electrons. The first-order valence-corrected chi connectivity index (χ1v) is 7.99. The number of carbonyl (C=O) groups is 2. The van der Waals surface area contributed by atoms with Gasteiger partial charge in [-0.1, -0.05) is 0 Å². The number of hydrogen-bond donors (Lipinski definition) is 2. The summed E-state index contributed by atoms with van der Waals surface area (Å²) < 4.78 is 9.67. The Balaban J connectivity index is 2.49. The van der Waals surface area contributed by atoms with Gasteiger partial charge in [-0.15, -0.1) is 0 Å². The van der Waals surface area contributed by atoms with Crippen LogP contribution in [0.5, 0.6) is 0 Å². The zero-order valence-corrected chi connectivity index (χ0v) is 14.3. The summed E-state index contributed by atoms with van der Waals surface area (Å²) in [5.41, 5.74) is 0. The van der Waals surface area contributed by atoms with Crippen molar-refractivity contribution in [3.63, 3.8) is 0 Å². The molecule has 1 heterocycles. The van der Waals surface area contributed by atoms with Gasteiger partial charge in [-0.2, -0.15) is 0 Å². The highest BCUT2D eigenvalue weighted by molar-refractivity contribution is 5.85. The fraction of sp³-hybridized carbons (Fsp3) is 0.800. The summed E-state index contributed by atoms with van der Waals surface area (Å²) in [4.78, 5) is 29.7. The van der Waals surface area contributed by atoms with E-state index in [0.29, 0.717) is 19.1 Å². The molecule has 0 spiro atoms. The largest absolute Gasteiger partial charge is 0.469 e. The Kier molecular flexibility index (Phi) is 9.04. The minimum atomic E-state index is -0.149. The van der Waals surface area contributed by atoms with Crippen LogP contribution in [0.2, 0.25) is 0 Å². The van der Waals surface area contributed by atoms with E-state index in [1.165, 1.54) is 7.11 Å². The smallest absolute Gasteiger partial charge is 0.308 e. The van der Waals surface area contributed by atoms with E-state index in [2.05, 4.69) is 20.5 Å². The molecule has 1 fully saturated rings. The van der Waals surface area contributed by atoms with E-state index in [4.69, 9.17) is 9.47 Å². The molecule has 1 aliphatic heterocycles. The van der Waals surface area contributed by atoms with Gasteiger partial charge < -0.3 is 25.0 Å². The highest BCUT2D eigenvalue weighted by Gasteiger charge is 2.26. The van der Waals surface area contributed by atoms with Crippen molar-refractivity contribution in [2.24, 2.45) is 10.9 Å². The van der Waals surface area contributed by atoms with Crippen molar-refractivity contribution in [3.8, 4) is 0 Å². The lowest BCUT2D eigenvalue weighted by Crippen LogP contribution is -2.47. The Morgan fingerprint density at radius 3 is 2.48 bits per heavy atom. The highest BCUT2D eigenvalue weighted by Crippen LogP contribution is 2.18. The number of amides is 1. The van der Waals surface area contributed by atoms with Crippen molar-refractivity contribution in [2.75, 3.05) is 53.6 Å². The van der Waals surface area contributed by atoms with Crippen LogP contribution < -0.4 is 10.6 Å². The predicted octanol–water partition coefficient (Wildman–Crippen LogP) is -0.400. The van der Waals surface area contributed by atoms with Crippen LogP contribution in [-0.4, -0.2) is 76.3 Å². The van der Waals surface area contributed by atoms with Crippen molar-refractivity contribution in [1.82, 2.24) is 15.5 Å². The van der Waals surface area contributed by atoms with Gasteiger partial charge in [0.05, 0.1) is 19.6 Å². The van der Waals surface area contributed by atoms with E-state index in [9.17, 15) is 9.59 Å². The molecule has 1 amide bonds. The Bertz CT molecular complexity index is 406. The number of aliphatic imine (C=N–C) groups is 1. The van der Waals surface area contributed by atoms with Crippen LogP contribution in [0.1, 0.15) is 19.8 Å². The molecule has 0 radical (unpaired) electrons. The Labute approximate surface area is 137 Å². The summed E-state index contributed by atoms with van der Waals surface area (Å²) in [5.74, 6) is 0.375. The van der Waals surface area contributed by atoms with E-state index in [0.717, 1.165) is 32.5 Å². The van der Waals surface area contributed by atoms with Crippen LogP contribution in [0.4, 0.5) is 0 Å². The number of likely N-dealkylation sites (tertiary alicyclic amines) is 1. The van der Waals surface area contributed by atoms with Crippen LogP contribution in [0, 0.1) is 5.92 Å². The van der Waals surface area contributed by atoms with E-state index in [-0.39, 0.29) is 24.3 Å². The third kappa shape index (κ3) is 6.85. The van der Waals surface area contributed by atoms with Gasteiger partial charge in [0.15, 0.2) is 5.96 Å². The number of nitrogens with one attached hydrogen (secondary N) is 2. The van der Waals surface area contributed by atoms with Gasteiger partial charge in [0, 0.05) is 33.3 Å². The molecule has 8 heteroatoms. The summed E-state index contributed by atoms with van der Waals surface area (Å²) in [6, 6.07) is 0. The van der Waals surface area contributed by atoms with Gasteiger partial charge in [-0.05, 0) is 19.8 Å². The molecular weight excluding hydrogens is 300 g/mol. The minimum Gasteiger partial charge on any atom is -0.469 e. The minimum absolute atomic E-state index is 0.0449. The number of esters is 1. The molecule has 1 aliphatic rings. The molecule has 0 bridgehead atoms. The fourth-order valence-electron chi connectivity index (χ4n) is 2.41. The molecule has 0 saturated carbocycles. The third-order valence-electron chi connectivity index (χ3n) is 3.66. The van der Waals surface area contributed by atoms with Crippen molar-refractivity contribution in [3.05, 3.63) is 0 Å². The summed E-state index contributed by atoms with van der Waals surface area (Å²) in [6.07, 6.45) is 1.47. The molecule has 0 unspecified atom stereocenters. The van der Waals surface area contributed by atoms with E-state index < -0.39 is 0 Å². The average Bonchev–Trinajstić information content (AvgIpc) is 2.58. The summed E-state index contributed by atoms with van der Waals surface area (Å²) in [7, 11) is 3.01. The number of rotatable bonds is 7. The zero-order valence-electron chi connectivity index (χ0n) is 14.3. The quantitative estimate of drug-likeness (QED) is 0.286. The summed E-state index contributed by atoms with van der Waals surface area (Å²) in [5, 5.41) is 5.92. The second kappa shape index (κ2) is 10.8. The predicted molar refractivity (Wildman–Crippen MR) is 87.2 cm³/mol. The molecule has 0 aliphatic carbocycles. The second-order valence-electron chi connectivity index (χ2n) is 5.30. The van der Waals surface area contributed by atoms with E-state index in [1.54, 1.807) is 7.11 Å². The maximum atomic E-state index is 11.7. The number of piperidine rings is 1. The van der Waals surface area contributed by atoms with Crippen LogP contribution >= 0.6 is 0 Å². The lowest BCUT2D eigenvalue weighted by Gasteiger charge is -2.33. The second-order valence-corrected chi connectivity index (χ2v) is 5.30. The van der Waals surface area contributed by atoms with Gasteiger partial charge in [0.1, 0.15) is 6.54 Å². The summed E-state index contributed by atoms with van der Waals surface area (Å²) in [6.45, 7) is 5.18. The van der Waals surface area contributed by atoms with Gasteiger partial charge in [-0.3, -0.25) is 9.59 Å². The van der Waals surface area contributed by atoms with Gasteiger partial charge in [0.2, 0.25) is 5.91 Å². The fourth-order valence-corrected chi connectivity index (χ4v) is 2.41. The topological polar surface area (TPSA) is 92.3 Å². The first-order chi connectivity index (χ1) is 11.1. The number of nitrogens with zero attached hydrogens (tertiary/aromatic N) is 2. The maximum Gasteiger partial charge on any atom is 0.308 e. The number of guanidine groups is 1. The average molecular weight is 328 g/mol. The van der Waals surface area contributed by atoms with Crippen molar-refractivity contribution < 1.29 is 19.1 Å². The van der Waals surface area contributed by atoms with E-state index >= 15 is 0 Å². The molecule has 8 nitrogen and oxygen atoms in total.